The third-order valence-electron chi connectivity index (χ3n) is 0.991. The van der Waals surface area contributed by atoms with Crippen molar-refractivity contribution < 1.29 is 0 Å². The summed E-state index contributed by atoms with van der Waals surface area (Å²) in [6.45, 7) is 7.38. The Bertz CT molecular complexity index is 123. The van der Waals surface area contributed by atoms with Crippen molar-refractivity contribution in [2.45, 2.75) is 6.92 Å². The molecule has 10 heavy (non-hydrogen) atoms. The van der Waals surface area contributed by atoms with Gasteiger partial charge in [0.25, 0.3) is 0 Å². The Morgan fingerprint density at radius 1 is 1.30 bits per heavy atom. The average Bonchev–Trinajstić information content (AvgIpc) is 1.97. The monoisotopic (exact) mass is 137 g/mol. The van der Waals surface area contributed by atoms with Crippen molar-refractivity contribution in [1.82, 2.24) is 5.32 Å². The van der Waals surface area contributed by atoms with Gasteiger partial charge in [0.15, 0.2) is 0 Å². The molecule has 1 N–H and O–H groups in total. The number of nitrogens with one attached hydrogen (secondary N) is 1. The quantitative estimate of drug-likeness (QED) is 0.346. The minimum atomic E-state index is 0.875. The Labute approximate surface area is 63.1 Å². The van der Waals surface area contributed by atoms with Crippen molar-refractivity contribution in [1.29, 1.82) is 0 Å². The van der Waals surface area contributed by atoms with Gasteiger partial charge in [0.2, 0.25) is 0 Å². The van der Waals surface area contributed by atoms with Crippen LogP contribution < -0.4 is 5.32 Å². The van der Waals surface area contributed by atoms with Crippen LogP contribution in [0.1, 0.15) is 6.92 Å². The molecule has 0 aromatic heterocycles. The van der Waals surface area contributed by atoms with Gasteiger partial charge in [-0.15, -0.1) is 6.58 Å². The standard InChI is InChI=1S/C9H15N/c1-3-5-6-7-9-10-8-4-2/h3-7,10H,2,8-9H2,1H3/b5-3-,7-6-. The lowest BCUT2D eigenvalue weighted by atomic mass is 10.4. The summed E-state index contributed by atoms with van der Waals surface area (Å²) in [5.41, 5.74) is 0. The molecule has 0 atom stereocenters. The van der Waals surface area contributed by atoms with Crippen molar-refractivity contribution in [3.8, 4) is 0 Å². The lowest BCUT2D eigenvalue weighted by Gasteiger charge is -1.91. The van der Waals surface area contributed by atoms with Gasteiger partial charge in [-0.1, -0.05) is 30.4 Å². The minimum absolute atomic E-state index is 0.875. The van der Waals surface area contributed by atoms with Crippen molar-refractivity contribution in [3.05, 3.63) is 37.0 Å². The number of hydrogen-bond acceptors (Lipinski definition) is 1. The maximum Gasteiger partial charge on any atom is 0.0140 e. The van der Waals surface area contributed by atoms with Crippen LogP contribution in [0.5, 0.6) is 0 Å². The second-order valence-corrected chi connectivity index (χ2v) is 1.90. The van der Waals surface area contributed by atoms with Crippen LogP contribution in [0.2, 0.25) is 0 Å². The van der Waals surface area contributed by atoms with E-state index in [1.54, 1.807) is 0 Å². The van der Waals surface area contributed by atoms with Gasteiger partial charge in [0.05, 0.1) is 0 Å². The number of allylic oxidation sites excluding steroid dienone is 3. The Hall–Kier alpha value is -0.820. The highest BCUT2D eigenvalue weighted by molar-refractivity contribution is 5.01. The molecule has 0 aromatic rings. The topological polar surface area (TPSA) is 12.0 Å². The molecule has 0 aliphatic heterocycles. The van der Waals surface area contributed by atoms with Crippen molar-refractivity contribution in [2.24, 2.45) is 0 Å². The van der Waals surface area contributed by atoms with E-state index in [2.05, 4.69) is 18.0 Å². The van der Waals surface area contributed by atoms with E-state index in [4.69, 9.17) is 0 Å². The molecule has 1 heteroatoms. The summed E-state index contributed by atoms with van der Waals surface area (Å²) >= 11 is 0. The molecule has 0 rings (SSSR count). The maximum absolute atomic E-state index is 3.59. The highest BCUT2D eigenvalue weighted by Crippen LogP contribution is 1.74. The van der Waals surface area contributed by atoms with Gasteiger partial charge in [0.1, 0.15) is 0 Å². The van der Waals surface area contributed by atoms with E-state index in [0.717, 1.165) is 13.1 Å². The SMILES string of the molecule is C=CCNC/C=C\C=C/C. The van der Waals surface area contributed by atoms with Gasteiger partial charge >= 0.3 is 0 Å². The summed E-state index contributed by atoms with van der Waals surface area (Å²) < 4.78 is 0. The van der Waals surface area contributed by atoms with Gasteiger partial charge in [0, 0.05) is 13.1 Å². The highest BCUT2D eigenvalue weighted by Gasteiger charge is 1.72. The smallest absolute Gasteiger partial charge is 0.0140 e. The fraction of sp³-hybridized carbons (Fsp3) is 0.333. The van der Waals surface area contributed by atoms with E-state index in [0.29, 0.717) is 0 Å². The predicted molar refractivity (Wildman–Crippen MR) is 47.0 cm³/mol. The molecule has 56 valence electrons. The summed E-state index contributed by atoms with van der Waals surface area (Å²) in [4.78, 5) is 0. The second-order valence-electron chi connectivity index (χ2n) is 1.90. The molecule has 0 aliphatic carbocycles. The van der Waals surface area contributed by atoms with Crippen molar-refractivity contribution >= 4 is 0 Å². The Balaban J connectivity index is 3.09. The van der Waals surface area contributed by atoms with Crippen molar-refractivity contribution in [3.63, 3.8) is 0 Å². The van der Waals surface area contributed by atoms with E-state index in [1.165, 1.54) is 0 Å². The largest absolute Gasteiger partial charge is 0.310 e. The molecule has 0 amide bonds. The molecule has 0 saturated carbocycles. The normalized spacial score (nSPS) is 11.3. The molecule has 0 unspecified atom stereocenters. The first kappa shape index (κ1) is 9.18. The molecule has 0 saturated heterocycles. The minimum Gasteiger partial charge on any atom is -0.310 e. The van der Waals surface area contributed by atoms with Gasteiger partial charge in [-0.25, -0.2) is 0 Å². The van der Waals surface area contributed by atoms with E-state index in [9.17, 15) is 0 Å². The third-order valence-corrected chi connectivity index (χ3v) is 0.991. The summed E-state index contributed by atoms with van der Waals surface area (Å²) in [6.07, 6.45) is 9.96. The Morgan fingerprint density at radius 3 is 2.70 bits per heavy atom. The molecule has 0 bridgehead atoms. The zero-order valence-electron chi connectivity index (χ0n) is 6.51. The first-order valence-electron chi connectivity index (χ1n) is 3.51. The Kier molecular flexibility index (Phi) is 7.51. The second kappa shape index (κ2) is 8.18. The summed E-state index contributed by atoms with van der Waals surface area (Å²) in [5.74, 6) is 0. The molecule has 0 aromatic carbocycles. The Morgan fingerprint density at radius 2 is 2.10 bits per heavy atom. The molecular weight excluding hydrogens is 122 g/mol. The van der Waals surface area contributed by atoms with E-state index < -0.39 is 0 Å². The molecule has 0 fully saturated rings. The fourth-order valence-corrected chi connectivity index (χ4v) is 0.526. The van der Waals surface area contributed by atoms with Crippen LogP contribution in [0.15, 0.2) is 37.0 Å². The van der Waals surface area contributed by atoms with E-state index in [-0.39, 0.29) is 0 Å². The van der Waals surface area contributed by atoms with Crippen molar-refractivity contribution in [2.75, 3.05) is 13.1 Å². The van der Waals surface area contributed by atoms with Crippen LogP contribution in [0.3, 0.4) is 0 Å². The average molecular weight is 137 g/mol. The van der Waals surface area contributed by atoms with Crippen LogP contribution >= 0.6 is 0 Å². The third kappa shape index (κ3) is 7.18. The van der Waals surface area contributed by atoms with Gasteiger partial charge in [-0.05, 0) is 6.92 Å². The van der Waals surface area contributed by atoms with Crippen LogP contribution in [0, 0.1) is 0 Å². The molecule has 0 heterocycles. The van der Waals surface area contributed by atoms with E-state index in [1.807, 2.05) is 31.2 Å². The molecule has 0 spiro atoms. The van der Waals surface area contributed by atoms with E-state index >= 15 is 0 Å². The lowest BCUT2D eigenvalue weighted by Crippen LogP contribution is -2.12. The zero-order chi connectivity index (χ0) is 7.66. The highest BCUT2D eigenvalue weighted by atomic mass is 14.8. The first-order chi connectivity index (χ1) is 4.91. The first-order valence-corrected chi connectivity index (χ1v) is 3.51. The van der Waals surface area contributed by atoms with Gasteiger partial charge < -0.3 is 5.32 Å². The zero-order valence-corrected chi connectivity index (χ0v) is 6.51. The fourth-order valence-electron chi connectivity index (χ4n) is 0.526. The number of hydrogen-bond donors (Lipinski definition) is 1. The maximum atomic E-state index is 3.59. The molecule has 1 nitrogen and oxygen atoms in total. The lowest BCUT2D eigenvalue weighted by molar-refractivity contribution is 0.844. The number of rotatable bonds is 5. The van der Waals surface area contributed by atoms with Gasteiger partial charge in [-0.2, -0.15) is 0 Å². The molecule has 0 radical (unpaired) electrons. The van der Waals surface area contributed by atoms with Crippen LogP contribution in [-0.2, 0) is 0 Å². The summed E-state index contributed by atoms with van der Waals surface area (Å²) in [6, 6.07) is 0. The van der Waals surface area contributed by atoms with Crippen LogP contribution in [-0.4, -0.2) is 13.1 Å². The predicted octanol–water partition coefficient (Wildman–Crippen LogP) is 1.89. The van der Waals surface area contributed by atoms with Crippen LogP contribution in [0.25, 0.3) is 0 Å². The summed E-state index contributed by atoms with van der Waals surface area (Å²) in [7, 11) is 0. The van der Waals surface area contributed by atoms with Crippen LogP contribution in [0.4, 0.5) is 0 Å². The summed E-state index contributed by atoms with van der Waals surface area (Å²) in [5, 5.41) is 3.16. The molecule has 0 aliphatic rings. The molecular formula is C9H15N. The van der Waals surface area contributed by atoms with Gasteiger partial charge in [-0.3, -0.25) is 0 Å².